The SMILES string of the molecule is C#CCCC(N)c1ccc(Br)cc1C(F)(F)F. The van der Waals surface area contributed by atoms with Crippen LogP contribution in [0, 0.1) is 12.3 Å². The summed E-state index contributed by atoms with van der Waals surface area (Å²) in [7, 11) is 0. The summed E-state index contributed by atoms with van der Waals surface area (Å²) in [6.45, 7) is 0. The minimum Gasteiger partial charge on any atom is -0.324 e. The highest BCUT2D eigenvalue weighted by Gasteiger charge is 2.34. The number of hydrogen-bond acceptors (Lipinski definition) is 1. The number of rotatable bonds is 3. The Kier molecular flexibility index (Phi) is 4.61. The molecule has 92 valence electrons. The van der Waals surface area contributed by atoms with Crippen molar-refractivity contribution in [3.63, 3.8) is 0 Å². The maximum Gasteiger partial charge on any atom is 0.416 e. The standard InChI is InChI=1S/C12H11BrF3N/c1-2-3-4-11(17)9-6-5-8(13)7-10(9)12(14,15)16/h1,5-7,11H,3-4,17H2. The predicted molar refractivity (Wildman–Crippen MR) is 64.1 cm³/mol. The van der Waals surface area contributed by atoms with Crippen molar-refractivity contribution >= 4 is 15.9 Å². The van der Waals surface area contributed by atoms with E-state index in [0.717, 1.165) is 6.07 Å². The molecule has 0 spiro atoms. The van der Waals surface area contributed by atoms with E-state index in [0.29, 0.717) is 17.3 Å². The number of alkyl halides is 3. The Morgan fingerprint density at radius 1 is 1.41 bits per heavy atom. The number of nitrogens with two attached hydrogens (primary N) is 1. The zero-order valence-corrected chi connectivity index (χ0v) is 10.5. The van der Waals surface area contributed by atoms with Crippen molar-refractivity contribution in [3.05, 3.63) is 33.8 Å². The normalized spacial score (nSPS) is 13.2. The lowest BCUT2D eigenvalue weighted by Gasteiger charge is -2.18. The van der Waals surface area contributed by atoms with Gasteiger partial charge in [-0.3, -0.25) is 0 Å². The molecule has 0 fully saturated rings. The van der Waals surface area contributed by atoms with Crippen molar-refractivity contribution in [3.8, 4) is 12.3 Å². The Balaban J connectivity index is 3.11. The second kappa shape index (κ2) is 5.56. The zero-order valence-electron chi connectivity index (χ0n) is 8.89. The molecule has 1 rings (SSSR count). The minimum atomic E-state index is -4.41. The van der Waals surface area contributed by atoms with Crippen LogP contribution >= 0.6 is 15.9 Å². The first-order chi connectivity index (χ1) is 7.86. The summed E-state index contributed by atoms with van der Waals surface area (Å²) < 4.78 is 38.8. The maximum atomic E-state index is 12.8. The van der Waals surface area contributed by atoms with Gasteiger partial charge in [-0.2, -0.15) is 13.2 Å². The third kappa shape index (κ3) is 3.76. The van der Waals surface area contributed by atoms with Gasteiger partial charge in [0.15, 0.2) is 0 Å². The van der Waals surface area contributed by atoms with E-state index >= 15 is 0 Å². The van der Waals surface area contributed by atoms with E-state index in [1.54, 1.807) is 6.07 Å². The third-order valence-corrected chi connectivity index (χ3v) is 2.81. The van der Waals surface area contributed by atoms with Gasteiger partial charge in [0.1, 0.15) is 0 Å². The molecule has 0 saturated carbocycles. The van der Waals surface area contributed by atoms with Gasteiger partial charge >= 0.3 is 6.18 Å². The summed E-state index contributed by atoms with van der Waals surface area (Å²) in [4.78, 5) is 0. The van der Waals surface area contributed by atoms with Crippen LogP contribution in [-0.2, 0) is 6.18 Å². The lowest BCUT2D eigenvalue weighted by atomic mass is 9.97. The van der Waals surface area contributed by atoms with Gasteiger partial charge in [0.25, 0.3) is 0 Å². The van der Waals surface area contributed by atoms with Gasteiger partial charge in [-0.1, -0.05) is 22.0 Å². The Labute approximate surface area is 106 Å². The highest BCUT2D eigenvalue weighted by Crippen LogP contribution is 2.36. The van der Waals surface area contributed by atoms with Crippen LogP contribution in [0.4, 0.5) is 13.2 Å². The monoisotopic (exact) mass is 305 g/mol. The molecule has 0 aliphatic heterocycles. The van der Waals surface area contributed by atoms with Crippen molar-refractivity contribution in [2.75, 3.05) is 0 Å². The van der Waals surface area contributed by atoms with E-state index < -0.39 is 17.8 Å². The first kappa shape index (κ1) is 14.1. The molecule has 0 aromatic heterocycles. The van der Waals surface area contributed by atoms with Crippen LogP contribution in [0.3, 0.4) is 0 Å². The Morgan fingerprint density at radius 3 is 2.59 bits per heavy atom. The fourth-order valence-electron chi connectivity index (χ4n) is 1.49. The molecule has 5 heteroatoms. The molecular weight excluding hydrogens is 295 g/mol. The van der Waals surface area contributed by atoms with E-state index in [2.05, 4.69) is 21.9 Å². The van der Waals surface area contributed by atoms with Crippen LogP contribution in [0.1, 0.15) is 30.0 Å². The molecule has 0 radical (unpaired) electrons. The van der Waals surface area contributed by atoms with Gasteiger partial charge in [0, 0.05) is 16.9 Å². The Hall–Kier alpha value is -0.990. The van der Waals surface area contributed by atoms with Gasteiger partial charge in [0.05, 0.1) is 5.56 Å². The van der Waals surface area contributed by atoms with Crippen LogP contribution in [0.5, 0.6) is 0 Å². The van der Waals surface area contributed by atoms with Crippen molar-refractivity contribution in [1.29, 1.82) is 0 Å². The van der Waals surface area contributed by atoms with Gasteiger partial charge < -0.3 is 5.73 Å². The highest BCUT2D eigenvalue weighted by atomic mass is 79.9. The summed E-state index contributed by atoms with van der Waals surface area (Å²) in [5.41, 5.74) is 5.09. The predicted octanol–water partition coefficient (Wildman–Crippen LogP) is 3.88. The van der Waals surface area contributed by atoms with Crippen LogP contribution in [-0.4, -0.2) is 0 Å². The second-order valence-corrected chi connectivity index (χ2v) is 4.49. The average molecular weight is 306 g/mol. The van der Waals surface area contributed by atoms with Gasteiger partial charge in [-0.15, -0.1) is 12.3 Å². The molecular formula is C12H11BrF3N. The lowest BCUT2D eigenvalue weighted by molar-refractivity contribution is -0.138. The van der Waals surface area contributed by atoms with Crippen molar-refractivity contribution in [2.24, 2.45) is 5.73 Å². The Morgan fingerprint density at radius 2 is 2.06 bits per heavy atom. The summed E-state index contributed by atoms with van der Waals surface area (Å²) in [6, 6.07) is 3.26. The highest BCUT2D eigenvalue weighted by molar-refractivity contribution is 9.10. The first-order valence-corrected chi connectivity index (χ1v) is 5.71. The largest absolute Gasteiger partial charge is 0.416 e. The molecule has 0 aliphatic carbocycles. The minimum absolute atomic E-state index is 0.0796. The van der Waals surface area contributed by atoms with E-state index in [9.17, 15) is 13.2 Å². The number of hydrogen-bond donors (Lipinski definition) is 1. The molecule has 0 amide bonds. The molecule has 0 bridgehead atoms. The molecule has 0 heterocycles. The maximum absolute atomic E-state index is 12.8. The molecule has 17 heavy (non-hydrogen) atoms. The molecule has 0 aliphatic rings. The number of benzene rings is 1. The number of halogens is 4. The van der Waals surface area contributed by atoms with E-state index in [-0.39, 0.29) is 5.56 Å². The van der Waals surface area contributed by atoms with E-state index in [1.165, 1.54) is 6.07 Å². The van der Waals surface area contributed by atoms with Crippen molar-refractivity contribution in [2.45, 2.75) is 25.1 Å². The average Bonchev–Trinajstić information content (AvgIpc) is 2.24. The van der Waals surface area contributed by atoms with Crippen LogP contribution in [0.2, 0.25) is 0 Å². The first-order valence-electron chi connectivity index (χ1n) is 4.92. The van der Waals surface area contributed by atoms with Gasteiger partial charge in [0.2, 0.25) is 0 Å². The fraction of sp³-hybridized carbons (Fsp3) is 0.333. The summed E-state index contributed by atoms with van der Waals surface area (Å²) in [5, 5.41) is 0. The Bertz CT molecular complexity index is 434. The molecule has 1 aromatic carbocycles. The van der Waals surface area contributed by atoms with Crippen LogP contribution in [0.15, 0.2) is 22.7 Å². The molecule has 0 saturated heterocycles. The second-order valence-electron chi connectivity index (χ2n) is 3.58. The van der Waals surface area contributed by atoms with Crippen molar-refractivity contribution in [1.82, 2.24) is 0 Å². The lowest BCUT2D eigenvalue weighted by Crippen LogP contribution is -2.17. The molecule has 2 N–H and O–H groups in total. The molecule has 1 atom stereocenters. The smallest absolute Gasteiger partial charge is 0.324 e. The quantitative estimate of drug-likeness (QED) is 0.843. The summed E-state index contributed by atoms with van der Waals surface area (Å²) in [6.07, 6.45) is 1.35. The molecule has 1 aromatic rings. The summed E-state index contributed by atoms with van der Waals surface area (Å²) in [5.74, 6) is 2.37. The van der Waals surface area contributed by atoms with Crippen LogP contribution < -0.4 is 5.73 Å². The van der Waals surface area contributed by atoms with E-state index in [4.69, 9.17) is 12.2 Å². The number of terminal acetylenes is 1. The van der Waals surface area contributed by atoms with Gasteiger partial charge in [-0.25, -0.2) is 0 Å². The third-order valence-electron chi connectivity index (χ3n) is 2.32. The zero-order chi connectivity index (χ0) is 13.1. The van der Waals surface area contributed by atoms with Gasteiger partial charge in [-0.05, 0) is 24.1 Å². The topological polar surface area (TPSA) is 26.0 Å². The summed E-state index contributed by atoms with van der Waals surface area (Å²) >= 11 is 3.02. The van der Waals surface area contributed by atoms with Crippen molar-refractivity contribution < 1.29 is 13.2 Å². The molecule has 1 unspecified atom stereocenters. The fourth-order valence-corrected chi connectivity index (χ4v) is 1.85. The van der Waals surface area contributed by atoms with Crippen LogP contribution in [0.25, 0.3) is 0 Å². The van der Waals surface area contributed by atoms with E-state index in [1.807, 2.05) is 0 Å². The molecule has 1 nitrogen and oxygen atoms in total.